The van der Waals surface area contributed by atoms with E-state index in [1.807, 2.05) is 48.7 Å². The Hall–Kier alpha value is -2.56. The molecule has 3 rings (SSSR count). The van der Waals surface area contributed by atoms with Crippen LogP contribution in [0.4, 0.5) is 11.5 Å². The van der Waals surface area contributed by atoms with Crippen molar-refractivity contribution in [2.75, 3.05) is 29.9 Å². The molecule has 1 amide bonds. The molecule has 1 aromatic heterocycles. The highest BCUT2D eigenvalue weighted by Gasteiger charge is 2.12. The van der Waals surface area contributed by atoms with E-state index in [1.54, 1.807) is 0 Å². The lowest BCUT2D eigenvalue weighted by Crippen LogP contribution is -2.18. The first-order valence-electron chi connectivity index (χ1n) is 8.00. The molecule has 5 heteroatoms. The first kappa shape index (κ1) is 15.3. The number of amides is 1. The van der Waals surface area contributed by atoms with Gasteiger partial charge in [-0.05, 0) is 37.1 Å². The van der Waals surface area contributed by atoms with Gasteiger partial charge in [-0.25, -0.2) is 4.98 Å². The molecule has 1 aliphatic rings. The molecule has 1 saturated heterocycles. The maximum absolute atomic E-state index is 11.9. The summed E-state index contributed by atoms with van der Waals surface area (Å²) in [6.45, 7) is 2.52. The van der Waals surface area contributed by atoms with Gasteiger partial charge in [-0.2, -0.15) is 0 Å². The third-order valence-corrected chi connectivity index (χ3v) is 3.83. The second-order valence-electron chi connectivity index (χ2n) is 5.56. The fraction of sp³-hybridized carbons (Fsp3) is 0.333. The molecule has 2 aromatic rings. The SMILES string of the molecule is O=C(CCOc1ccccc1)Nc1ccc(N2CCCC2)cn1. The van der Waals surface area contributed by atoms with Crippen LogP contribution < -0.4 is 15.0 Å². The number of rotatable bonds is 6. The summed E-state index contributed by atoms with van der Waals surface area (Å²) in [5, 5.41) is 2.80. The van der Waals surface area contributed by atoms with Crippen LogP contribution in [0.25, 0.3) is 0 Å². The highest BCUT2D eigenvalue weighted by Crippen LogP contribution is 2.20. The summed E-state index contributed by atoms with van der Waals surface area (Å²) < 4.78 is 5.51. The minimum Gasteiger partial charge on any atom is -0.493 e. The lowest BCUT2D eigenvalue weighted by Gasteiger charge is -2.17. The minimum atomic E-state index is -0.0950. The average molecular weight is 311 g/mol. The lowest BCUT2D eigenvalue weighted by atomic mass is 10.3. The molecule has 0 radical (unpaired) electrons. The number of benzene rings is 1. The van der Waals surface area contributed by atoms with Crippen molar-refractivity contribution in [3.05, 3.63) is 48.7 Å². The van der Waals surface area contributed by atoms with Crippen molar-refractivity contribution in [3.63, 3.8) is 0 Å². The number of anilines is 2. The summed E-state index contributed by atoms with van der Waals surface area (Å²) in [4.78, 5) is 18.5. The van der Waals surface area contributed by atoms with Crippen LogP contribution in [0.1, 0.15) is 19.3 Å². The maximum atomic E-state index is 11.9. The molecular formula is C18H21N3O2. The molecule has 0 saturated carbocycles. The van der Waals surface area contributed by atoms with E-state index in [-0.39, 0.29) is 5.91 Å². The van der Waals surface area contributed by atoms with Crippen molar-refractivity contribution in [1.82, 2.24) is 4.98 Å². The number of para-hydroxylation sites is 1. The Morgan fingerprint density at radius 1 is 1.13 bits per heavy atom. The standard InChI is InChI=1S/C18H21N3O2/c22-18(10-13-23-16-6-2-1-3-7-16)20-17-9-8-15(14-19-17)21-11-4-5-12-21/h1-3,6-9,14H,4-5,10-13H2,(H,19,20,22). The van der Waals surface area contributed by atoms with Crippen molar-refractivity contribution in [3.8, 4) is 5.75 Å². The molecule has 23 heavy (non-hydrogen) atoms. The van der Waals surface area contributed by atoms with Crippen LogP contribution in [0.2, 0.25) is 0 Å². The number of carbonyl (C=O) groups is 1. The fourth-order valence-electron chi connectivity index (χ4n) is 2.61. The number of ether oxygens (including phenoxy) is 1. The van der Waals surface area contributed by atoms with Crippen LogP contribution in [0.3, 0.4) is 0 Å². The van der Waals surface area contributed by atoms with E-state index < -0.39 is 0 Å². The maximum Gasteiger partial charge on any atom is 0.228 e. The van der Waals surface area contributed by atoms with E-state index >= 15 is 0 Å². The third kappa shape index (κ3) is 4.45. The highest BCUT2D eigenvalue weighted by molar-refractivity contribution is 5.89. The quantitative estimate of drug-likeness (QED) is 0.890. The first-order valence-corrected chi connectivity index (χ1v) is 8.00. The molecule has 1 fully saturated rings. The number of nitrogens with zero attached hydrogens (tertiary/aromatic N) is 2. The van der Waals surface area contributed by atoms with Gasteiger partial charge in [0.15, 0.2) is 0 Å². The zero-order valence-electron chi connectivity index (χ0n) is 13.1. The number of hydrogen-bond donors (Lipinski definition) is 1. The monoisotopic (exact) mass is 311 g/mol. The van der Waals surface area contributed by atoms with E-state index in [9.17, 15) is 4.79 Å². The molecule has 0 atom stereocenters. The Kier molecular flexibility index (Phi) is 5.09. The van der Waals surface area contributed by atoms with Gasteiger partial charge in [0.2, 0.25) is 5.91 Å². The van der Waals surface area contributed by atoms with Gasteiger partial charge in [0.05, 0.1) is 24.9 Å². The predicted molar refractivity (Wildman–Crippen MR) is 90.9 cm³/mol. The van der Waals surface area contributed by atoms with Crippen molar-refractivity contribution >= 4 is 17.4 Å². The second kappa shape index (κ2) is 7.63. The van der Waals surface area contributed by atoms with Crippen LogP contribution in [0.5, 0.6) is 5.75 Å². The van der Waals surface area contributed by atoms with Gasteiger partial charge in [-0.3, -0.25) is 4.79 Å². The van der Waals surface area contributed by atoms with E-state index in [4.69, 9.17) is 4.74 Å². The fourth-order valence-corrected chi connectivity index (χ4v) is 2.61. The van der Waals surface area contributed by atoms with E-state index in [1.165, 1.54) is 12.8 Å². The largest absolute Gasteiger partial charge is 0.493 e. The average Bonchev–Trinajstić information content (AvgIpc) is 3.11. The lowest BCUT2D eigenvalue weighted by molar-refractivity contribution is -0.116. The summed E-state index contributed by atoms with van der Waals surface area (Å²) in [5.41, 5.74) is 1.12. The third-order valence-electron chi connectivity index (χ3n) is 3.83. The van der Waals surface area contributed by atoms with Gasteiger partial charge in [-0.1, -0.05) is 18.2 Å². The van der Waals surface area contributed by atoms with Gasteiger partial charge < -0.3 is 15.0 Å². The number of hydrogen-bond acceptors (Lipinski definition) is 4. The van der Waals surface area contributed by atoms with Crippen LogP contribution >= 0.6 is 0 Å². The van der Waals surface area contributed by atoms with Gasteiger partial charge in [0, 0.05) is 13.1 Å². The molecule has 0 bridgehead atoms. The van der Waals surface area contributed by atoms with Gasteiger partial charge in [0.25, 0.3) is 0 Å². The van der Waals surface area contributed by atoms with Crippen LogP contribution in [0, 0.1) is 0 Å². The molecule has 120 valence electrons. The smallest absolute Gasteiger partial charge is 0.228 e. The molecule has 5 nitrogen and oxygen atoms in total. The summed E-state index contributed by atoms with van der Waals surface area (Å²) in [7, 11) is 0. The minimum absolute atomic E-state index is 0.0950. The summed E-state index contributed by atoms with van der Waals surface area (Å²) in [5.74, 6) is 1.26. The normalized spacial score (nSPS) is 13.8. The van der Waals surface area contributed by atoms with Crippen LogP contribution in [-0.4, -0.2) is 30.6 Å². The molecule has 0 aliphatic carbocycles. The number of nitrogens with one attached hydrogen (secondary N) is 1. The molecule has 2 heterocycles. The van der Waals surface area contributed by atoms with Crippen molar-refractivity contribution in [2.45, 2.75) is 19.3 Å². The van der Waals surface area contributed by atoms with Crippen molar-refractivity contribution < 1.29 is 9.53 Å². The van der Waals surface area contributed by atoms with E-state index in [0.29, 0.717) is 18.8 Å². The molecule has 0 unspecified atom stereocenters. The Morgan fingerprint density at radius 2 is 1.91 bits per heavy atom. The second-order valence-corrected chi connectivity index (χ2v) is 5.56. The van der Waals surface area contributed by atoms with Gasteiger partial charge in [-0.15, -0.1) is 0 Å². The van der Waals surface area contributed by atoms with E-state index in [2.05, 4.69) is 15.2 Å². The summed E-state index contributed by atoms with van der Waals surface area (Å²) in [6.07, 6.45) is 4.59. The predicted octanol–water partition coefficient (Wildman–Crippen LogP) is 3.09. The molecule has 1 aromatic carbocycles. The van der Waals surface area contributed by atoms with E-state index in [0.717, 1.165) is 24.5 Å². The number of carbonyl (C=O) groups excluding carboxylic acids is 1. The highest BCUT2D eigenvalue weighted by atomic mass is 16.5. The topological polar surface area (TPSA) is 54.5 Å². The van der Waals surface area contributed by atoms with Crippen molar-refractivity contribution in [1.29, 1.82) is 0 Å². The Morgan fingerprint density at radius 3 is 2.61 bits per heavy atom. The first-order chi connectivity index (χ1) is 11.3. The Bertz CT molecular complexity index is 622. The van der Waals surface area contributed by atoms with Gasteiger partial charge >= 0.3 is 0 Å². The molecule has 1 N–H and O–H groups in total. The molecule has 0 spiro atoms. The van der Waals surface area contributed by atoms with Crippen molar-refractivity contribution in [2.24, 2.45) is 0 Å². The van der Waals surface area contributed by atoms with Crippen LogP contribution in [0.15, 0.2) is 48.7 Å². The molecule has 1 aliphatic heterocycles. The molecular weight excluding hydrogens is 290 g/mol. The summed E-state index contributed by atoms with van der Waals surface area (Å²) in [6, 6.07) is 13.3. The summed E-state index contributed by atoms with van der Waals surface area (Å²) >= 11 is 0. The van der Waals surface area contributed by atoms with Crippen LogP contribution in [-0.2, 0) is 4.79 Å². The Balaban J connectivity index is 1.44. The zero-order chi connectivity index (χ0) is 15.9. The number of pyridine rings is 1. The zero-order valence-corrected chi connectivity index (χ0v) is 13.1. The van der Waals surface area contributed by atoms with Gasteiger partial charge in [0.1, 0.15) is 11.6 Å². The number of aromatic nitrogens is 1. The Labute approximate surface area is 136 Å².